The molecule has 9 heteroatoms. The van der Waals surface area contributed by atoms with Crippen molar-refractivity contribution < 1.29 is 23.1 Å². The number of hydrogen-bond donors (Lipinski definition) is 3. The summed E-state index contributed by atoms with van der Waals surface area (Å²) >= 11 is 0. The van der Waals surface area contributed by atoms with Crippen LogP contribution in [0.15, 0.2) is 36.7 Å². The quantitative estimate of drug-likeness (QED) is 0.719. The van der Waals surface area contributed by atoms with Gasteiger partial charge in [0.2, 0.25) is 5.60 Å². The Bertz CT molecular complexity index is 730. The van der Waals surface area contributed by atoms with E-state index in [2.05, 4.69) is 10.3 Å². The number of nitrogens with zero attached hydrogens (tertiary/aromatic N) is 2. The number of hydrogen-bond acceptors (Lipinski definition) is 4. The Kier molecular flexibility index (Phi) is 4.83. The van der Waals surface area contributed by atoms with Crippen LogP contribution in [-0.2, 0) is 12.6 Å². The molecule has 2 aromatic rings. The number of halogens is 3. The van der Waals surface area contributed by atoms with Crippen molar-refractivity contribution in [3.63, 3.8) is 0 Å². The highest BCUT2D eigenvalue weighted by molar-refractivity contribution is 5.99. The molecule has 1 atom stereocenters. The predicted octanol–water partition coefficient (Wildman–Crippen LogP) is 1.57. The molecule has 1 aromatic carbocycles. The fourth-order valence-corrected chi connectivity index (χ4v) is 2.30. The van der Waals surface area contributed by atoms with Crippen molar-refractivity contribution in [3.05, 3.63) is 48.0 Å². The topological polar surface area (TPSA) is 93.2 Å². The maximum atomic E-state index is 13.3. The highest BCUT2D eigenvalue weighted by atomic mass is 19.4. The summed E-state index contributed by atoms with van der Waals surface area (Å²) in [5.74, 6) is -1.15. The third-order valence-corrected chi connectivity index (χ3v) is 3.64. The van der Waals surface area contributed by atoms with Crippen LogP contribution in [-0.4, -0.2) is 33.3 Å². The van der Waals surface area contributed by atoms with E-state index in [1.165, 1.54) is 25.4 Å². The van der Waals surface area contributed by atoms with Gasteiger partial charge in [-0.25, -0.2) is 4.98 Å². The fraction of sp³-hybridized carbons (Fsp3) is 0.333. The van der Waals surface area contributed by atoms with Crippen molar-refractivity contribution in [1.29, 1.82) is 0 Å². The van der Waals surface area contributed by atoms with E-state index < -0.39 is 36.5 Å². The molecule has 0 radical (unpaired) electrons. The minimum atomic E-state index is -4.94. The van der Waals surface area contributed by atoms with Crippen LogP contribution in [0.1, 0.15) is 22.6 Å². The zero-order chi connectivity index (χ0) is 18.0. The van der Waals surface area contributed by atoms with Gasteiger partial charge in [-0.2, -0.15) is 13.2 Å². The van der Waals surface area contributed by atoms with Crippen molar-refractivity contribution in [2.75, 3.05) is 12.3 Å². The second kappa shape index (κ2) is 6.52. The summed E-state index contributed by atoms with van der Waals surface area (Å²) in [6, 6.07) is 6.19. The first-order chi connectivity index (χ1) is 11.2. The molecule has 0 spiro atoms. The van der Waals surface area contributed by atoms with Gasteiger partial charge in [0.15, 0.2) is 0 Å². The van der Waals surface area contributed by atoms with Gasteiger partial charge in [-0.1, -0.05) is 12.1 Å². The van der Waals surface area contributed by atoms with E-state index in [0.717, 1.165) is 10.8 Å². The molecular weight excluding hydrogens is 325 g/mol. The minimum Gasteiger partial charge on any atom is -0.398 e. The molecule has 130 valence electrons. The number of imidazole rings is 1. The number of carbonyl (C=O) groups is 1. The van der Waals surface area contributed by atoms with Crippen LogP contribution in [0.2, 0.25) is 0 Å². The summed E-state index contributed by atoms with van der Waals surface area (Å²) in [6.07, 6.45) is -3.26. The van der Waals surface area contributed by atoms with Crippen LogP contribution in [0.4, 0.5) is 18.9 Å². The lowest BCUT2D eigenvalue weighted by atomic mass is 9.97. The largest absolute Gasteiger partial charge is 0.424 e. The SMILES string of the molecule is Cn1ccnc1C(O)(CCNC(=O)c1ccccc1N)C(F)(F)F. The zero-order valence-electron chi connectivity index (χ0n) is 12.8. The van der Waals surface area contributed by atoms with Crippen LogP contribution in [0.25, 0.3) is 0 Å². The van der Waals surface area contributed by atoms with Crippen LogP contribution in [0, 0.1) is 0 Å². The number of carbonyl (C=O) groups excluding carboxylic acids is 1. The Morgan fingerprint density at radius 1 is 1.38 bits per heavy atom. The molecule has 1 amide bonds. The molecule has 0 aliphatic heterocycles. The Morgan fingerprint density at radius 3 is 2.58 bits per heavy atom. The number of amides is 1. The maximum absolute atomic E-state index is 13.3. The van der Waals surface area contributed by atoms with Gasteiger partial charge in [-0.05, 0) is 12.1 Å². The smallest absolute Gasteiger partial charge is 0.398 e. The number of benzene rings is 1. The number of aryl methyl sites for hydroxylation is 1. The van der Waals surface area contributed by atoms with Crippen molar-refractivity contribution in [1.82, 2.24) is 14.9 Å². The van der Waals surface area contributed by atoms with Gasteiger partial charge in [-0.3, -0.25) is 4.79 Å². The average molecular weight is 342 g/mol. The molecule has 0 aliphatic rings. The van der Waals surface area contributed by atoms with E-state index in [4.69, 9.17) is 5.73 Å². The third kappa shape index (κ3) is 3.35. The van der Waals surface area contributed by atoms with E-state index in [1.54, 1.807) is 12.1 Å². The van der Waals surface area contributed by atoms with Crippen molar-refractivity contribution in [2.24, 2.45) is 7.05 Å². The normalized spacial score (nSPS) is 14.2. The summed E-state index contributed by atoms with van der Waals surface area (Å²) < 4.78 is 41.1. The molecule has 0 saturated heterocycles. The molecule has 0 bridgehead atoms. The monoisotopic (exact) mass is 342 g/mol. The van der Waals surface area contributed by atoms with Crippen molar-refractivity contribution in [3.8, 4) is 0 Å². The van der Waals surface area contributed by atoms with Gasteiger partial charge >= 0.3 is 6.18 Å². The average Bonchev–Trinajstić information content (AvgIpc) is 2.92. The minimum absolute atomic E-state index is 0.157. The van der Waals surface area contributed by atoms with Gasteiger partial charge < -0.3 is 20.7 Å². The lowest BCUT2D eigenvalue weighted by molar-refractivity contribution is -0.272. The van der Waals surface area contributed by atoms with E-state index in [0.29, 0.717) is 0 Å². The summed E-state index contributed by atoms with van der Waals surface area (Å²) in [5.41, 5.74) is 2.85. The first kappa shape index (κ1) is 17.8. The molecule has 4 N–H and O–H groups in total. The van der Waals surface area contributed by atoms with Gasteiger partial charge in [0.25, 0.3) is 5.91 Å². The standard InChI is InChI=1S/C15H17F3N4O2/c1-22-9-8-21-13(22)14(24,15(16,17)18)6-7-20-12(23)10-4-2-3-5-11(10)19/h2-5,8-9,24H,6-7,19H2,1H3,(H,20,23). The number of anilines is 1. The number of nitrogens with one attached hydrogen (secondary N) is 1. The molecule has 0 saturated carbocycles. The molecule has 0 aliphatic carbocycles. The first-order valence-corrected chi connectivity index (χ1v) is 7.06. The summed E-state index contributed by atoms with van der Waals surface area (Å²) in [5, 5.41) is 12.5. The first-order valence-electron chi connectivity index (χ1n) is 7.06. The summed E-state index contributed by atoms with van der Waals surface area (Å²) in [4.78, 5) is 15.6. The molecule has 0 fully saturated rings. The molecular formula is C15H17F3N4O2. The van der Waals surface area contributed by atoms with Crippen LogP contribution < -0.4 is 11.1 Å². The summed E-state index contributed by atoms with van der Waals surface area (Å²) in [6.45, 7) is -0.407. The number of aromatic nitrogens is 2. The Hall–Kier alpha value is -2.55. The number of nitrogens with two attached hydrogens (primary N) is 1. The third-order valence-electron chi connectivity index (χ3n) is 3.64. The van der Waals surface area contributed by atoms with Crippen LogP contribution in [0.3, 0.4) is 0 Å². The molecule has 1 heterocycles. The van der Waals surface area contributed by atoms with Gasteiger partial charge in [0, 0.05) is 38.1 Å². The molecule has 6 nitrogen and oxygen atoms in total. The van der Waals surface area contributed by atoms with E-state index >= 15 is 0 Å². The van der Waals surface area contributed by atoms with Crippen molar-refractivity contribution in [2.45, 2.75) is 18.2 Å². The number of aliphatic hydroxyl groups is 1. The Labute approximate surface area is 136 Å². The van der Waals surface area contributed by atoms with Crippen molar-refractivity contribution >= 4 is 11.6 Å². The lowest BCUT2D eigenvalue weighted by Crippen LogP contribution is -2.46. The second-order valence-electron chi connectivity index (χ2n) is 5.31. The van der Waals surface area contributed by atoms with E-state index in [-0.39, 0.29) is 11.3 Å². The zero-order valence-corrected chi connectivity index (χ0v) is 12.8. The highest BCUT2D eigenvalue weighted by Crippen LogP contribution is 2.40. The number of para-hydroxylation sites is 1. The van der Waals surface area contributed by atoms with Gasteiger partial charge in [0.1, 0.15) is 5.82 Å². The Morgan fingerprint density at radius 2 is 2.04 bits per heavy atom. The summed E-state index contributed by atoms with van der Waals surface area (Å²) in [7, 11) is 1.35. The predicted molar refractivity (Wildman–Crippen MR) is 81.0 cm³/mol. The van der Waals surface area contributed by atoms with Gasteiger partial charge in [-0.15, -0.1) is 0 Å². The maximum Gasteiger partial charge on any atom is 0.424 e. The molecule has 1 aromatic heterocycles. The highest BCUT2D eigenvalue weighted by Gasteiger charge is 2.57. The molecule has 1 unspecified atom stereocenters. The number of nitrogen functional groups attached to an aromatic ring is 1. The number of alkyl halides is 3. The second-order valence-corrected chi connectivity index (χ2v) is 5.31. The molecule has 2 rings (SSSR count). The Balaban J connectivity index is 2.11. The molecule has 24 heavy (non-hydrogen) atoms. The van der Waals surface area contributed by atoms with E-state index in [1.807, 2.05) is 0 Å². The van der Waals surface area contributed by atoms with Crippen LogP contribution in [0.5, 0.6) is 0 Å². The van der Waals surface area contributed by atoms with Gasteiger partial charge in [0.05, 0.1) is 5.56 Å². The van der Waals surface area contributed by atoms with E-state index in [9.17, 15) is 23.1 Å². The lowest BCUT2D eigenvalue weighted by Gasteiger charge is -2.30. The number of rotatable bonds is 5. The fourth-order valence-electron chi connectivity index (χ4n) is 2.30. The van der Waals surface area contributed by atoms with Crippen LogP contribution >= 0.6 is 0 Å².